The average molecular weight is 331 g/mol. The molecule has 1 N–H and O–H groups in total. The zero-order valence-corrected chi connectivity index (χ0v) is 13.2. The molecular weight excluding hydrogens is 314 g/mol. The van der Waals surface area contributed by atoms with E-state index >= 15 is 0 Å². The molecule has 0 spiro atoms. The lowest BCUT2D eigenvalue weighted by Crippen LogP contribution is -2.40. The number of ether oxygens (including phenoxy) is 3. The van der Waals surface area contributed by atoms with Crippen LogP contribution in [0.2, 0.25) is 0 Å². The Morgan fingerprint density at radius 2 is 2.08 bits per heavy atom. The van der Waals surface area contributed by atoms with Gasteiger partial charge in [-0.15, -0.1) is 0 Å². The number of benzene rings is 1. The quantitative estimate of drug-likeness (QED) is 0.852. The normalized spacial score (nSPS) is 21.8. The Kier molecular flexibility index (Phi) is 4.37. The van der Waals surface area contributed by atoms with Crippen LogP contribution in [0.4, 0.5) is 4.79 Å². The molecule has 2 atom stereocenters. The van der Waals surface area contributed by atoms with Crippen LogP contribution in [0, 0.1) is 0 Å². The van der Waals surface area contributed by atoms with Gasteiger partial charge in [0.25, 0.3) is 0 Å². The first-order valence-corrected chi connectivity index (χ1v) is 7.30. The Hall–Kier alpha value is -3.03. The fourth-order valence-electron chi connectivity index (χ4n) is 2.78. The Morgan fingerprint density at radius 3 is 2.79 bits per heavy atom. The van der Waals surface area contributed by atoms with E-state index < -0.39 is 12.4 Å². The van der Waals surface area contributed by atoms with Gasteiger partial charge in [0.2, 0.25) is 6.23 Å². The Bertz CT molecular complexity index is 728. The molecule has 0 fully saturated rings. The number of hydrogen-bond acceptors (Lipinski definition) is 7. The highest BCUT2D eigenvalue weighted by atomic mass is 16.7. The predicted octanol–water partition coefficient (Wildman–Crippen LogP) is 2.43. The monoisotopic (exact) mass is 331 g/mol. The second kappa shape index (κ2) is 6.61. The van der Waals surface area contributed by atoms with Crippen molar-refractivity contribution in [2.75, 3.05) is 14.2 Å². The van der Waals surface area contributed by atoms with E-state index in [9.17, 15) is 4.79 Å². The van der Waals surface area contributed by atoms with E-state index in [0.29, 0.717) is 23.8 Å². The maximum atomic E-state index is 10.9. The molecule has 2 heterocycles. The Balaban J connectivity index is 1.96. The van der Waals surface area contributed by atoms with Gasteiger partial charge in [0.05, 0.1) is 26.5 Å². The van der Waals surface area contributed by atoms with Crippen LogP contribution < -0.4 is 9.47 Å². The van der Waals surface area contributed by atoms with Gasteiger partial charge in [-0.2, -0.15) is 0 Å². The van der Waals surface area contributed by atoms with Gasteiger partial charge in [0.15, 0.2) is 17.3 Å². The average Bonchev–Trinajstić information content (AvgIpc) is 2.59. The van der Waals surface area contributed by atoms with E-state index in [1.807, 2.05) is 23.1 Å². The molecule has 24 heavy (non-hydrogen) atoms. The summed E-state index contributed by atoms with van der Waals surface area (Å²) in [5.41, 5.74) is 0.930. The van der Waals surface area contributed by atoms with Crippen molar-refractivity contribution in [2.45, 2.75) is 18.7 Å². The molecule has 3 rings (SSSR count). The number of hydrogen-bond donors (Lipinski definition) is 1. The van der Waals surface area contributed by atoms with Crippen molar-refractivity contribution < 1.29 is 24.1 Å². The van der Waals surface area contributed by atoms with Gasteiger partial charge in [0.1, 0.15) is 0 Å². The SMILES string of the molecule is COc1ccc(C2CC(OC(=O)O)N=C3C=NC=CN32)cc1OC. The van der Waals surface area contributed by atoms with E-state index in [4.69, 9.17) is 19.3 Å². The van der Waals surface area contributed by atoms with Gasteiger partial charge in [0, 0.05) is 18.8 Å². The molecule has 2 aliphatic rings. The summed E-state index contributed by atoms with van der Waals surface area (Å²) in [4.78, 5) is 21.1. The predicted molar refractivity (Wildman–Crippen MR) is 86.7 cm³/mol. The fraction of sp³-hybridized carbons (Fsp3) is 0.312. The zero-order chi connectivity index (χ0) is 17.1. The number of methoxy groups -OCH3 is 2. The van der Waals surface area contributed by atoms with E-state index in [-0.39, 0.29) is 6.04 Å². The van der Waals surface area contributed by atoms with E-state index in [0.717, 1.165) is 5.56 Å². The fourth-order valence-corrected chi connectivity index (χ4v) is 2.78. The van der Waals surface area contributed by atoms with E-state index in [2.05, 4.69) is 9.98 Å². The first-order chi connectivity index (χ1) is 11.6. The molecule has 0 aliphatic carbocycles. The Labute approximate surface area is 138 Å². The lowest BCUT2D eigenvalue weighted by atomic mass is 9.98. The summed E-state index contributed by atoms with van der Waals surface area (Å²) in [5, 5.41) is 8.88. The van der Waals surface area contributed by atoms with Crippen molar-refractivity contribution in [3.05, 3.63) is 36.2 Å². The summed E-state index contributed by atoms with van der Waals surface area (Å²) in [6.45, 7) is 0. The highest BCUT2D eigenvalue weighted by Gasteiger charge is 2.33. The molecule has 0 amide bonds. The number of carbonyl (C=O) groups is 1. The van der Waals surface area contributed by atoms with Gasteiger partial charge in [-0.3, -0.25) is 4.99 Å². The van der Waals surface area contributed by atoms with E-state index in [1.165, 1.54) is 0 Å². The summed E-state index contributed by atoms with van der Waals surface area (Å²) >= 11 is 0. The standard InChI is InChI=1S/C16H17N3O5/c1-22-12-4-3-10(7-13(12)23-2)11-8-15(24-16(20)21)18-14-9-17-5-6-19(11)14/h3-7,9,11,15H,8H2,1-2H3,(H,20,21). The minimum Gasteiger partial charge on any atom is -0.493 e. The van der Waals surface area contributed by atoms with Crippen LogP contribution in [0.1, 0.15) is 18.0 Å². The van der Waals surface area contributed by atoms with Gasteiger partial charge in [-0.05, 0) is 17.7 Å². The van der Waals surface area contributed by atoms with Crippen molar-refractivity contribution in [1.29, 1.82) is 0 Å². The summed E-state index contributed by atoms with van der Waals surface area (Å²) in [6, 6.07) is 5.43. The highest BCUT2D eigenvalue weighted by Crippen LogP contribution is 2.37. The summed E-state index contributed by atoms with van der Waals surface area (Å²) in [7, 11) is 3.14. The first-order valence-electron chi connectivity index (χ1n) is 7.30. The summed E-state index contributed by atoms with van der Waals surface area (Å²) in [5.74, 6) is 1.78. The first kappa shape index (κ1) is 15.9. The largest absolute Gasteiger partial charge is 0.507 e. The van der Waals surface area contributed by atoms with Gasteiger partial charge < -0.3 is 24.2 Å². The maximum absolute atomic E-state index is 10.9. The number of amidine groups is 1. The minimum atomic E-state index is -1.35. The Morgan fingerprint density at radius 1 is 1.29 bits per heavy atom. The third kappa shape index (κ3) is 3.03. The van der Waals surface area contributed by atoms with Gasteiger partial charge in [-0.1, -0.05) is 6.07 Å². The molecule has 8 heteroatoms. The van der Waals surface area contributed by atoms with Crippen LogP contribution in [0.3, 0.4) is 0 Å². The molecule has 2 unspecified atom stereocenters. The number of fused-ring (bicyclic) bond motifs is 1. The summed E-state index contributed by atoms with van der Waals surface area (Å²) in [6.07, 6.45) is 3.27. The number of carboxylic acid groups (broad SMARTS) is 1. The third-order valence-corrected chi connectivity index (χ3v) is 3.83. The lowest BCUT2D eigenvalue weighted by Gasteiger charge is -2.37. The van der Waals surface area contributed by atoms with Crippen molar-refractivity contribution in [2.24, 2.45) is 9.98 Å². The molecule has 1 aromatic carbocycles. The molecule has 0 aromatic heterocycles. The third-order valence-electron chi connectivity index (χ3n) is 3.83. The van der Waals surface area contributed by atoms with Crippen molar-refractivity contribution in [3.63, 3.8) is 0 Å². The van der Waals surface area contributed by atoms with Crippen LogP contribution in [0.15, 0.2) is 40.6 Å². The lowest BCUT2D eigenvalue weighted by molar-refractivity contribution is 0.0391. The van der Waals surface area contributed by atoms with Crippen LogP contribution in [-0.2, 0) is 4.74 Å². The van der Waals surface area contributed by atoms with Crippen LogP contribution in [-0.4, -0.2) is 48.7 Å². The molecular formula is C16H17N3O5. The highest BCUT2D eigenvalue weighted by molar-refractivity contribution is 6.30. The second-order valence-electron chi connectivity index (χ2n) is 5.18. The van der Waals surface area contributed by atoms with Crippen molar-refractivity contribution in [3.8, 4) is 11.5 Å². The molecule has 0 bridgehead atoms. The molecule has 2 aliphatic heterocycles. The molecule has 0 saturated heterocycles. The molecule has 0 radical (unpaired) electrons. The smallest absolute Gasteiger partial charge is 0.493 e. The van der Waals surface area contributed by atoms with Crippen molar-refractivity contribution in [1.82, 2.24) is 4.90 Å². The van der Waals surface area contributed by atoms with Crippen LogP contribution in [0.25, 0.3) is 0 Å². The number of aliphatic imine (C=N–C) groups is 2. The summed E-state index contributed by atoms with van der Waals surface area (Å²) < 4.78 is 15.5. The zero-order valence-electron chi connectivity index (χ0n) is 13.2. The molecule has 0 saturated carbocycles. The minimum absolute atomic E-state index is 0.162. The molecule has 126 valence electrons. The topological polar surface area (TPSA) is 93.0 Å². The van der Waals surface area contributed by atoms with E-state index in [1.54, 1.807) is 32.8 Å². The number of rotatable bonds is 4. The van der Waals surface area contributed by atoms with Crippen LogP contribution >= 0.6 is 0 Å². The molecule has 8 nitrogen and oxygen atoms in total. The van der Waals surface area contributed by atoms with Crippen molar-refractivity contribution >= 4 is 18.2 Å². The second-order valence-corrected chi connectivity index (χ2v) is 5.18. The van der Waals surface area contributed by atoms with Gasteiger partial charge in [-0.25, -0.2) is 9.79 Å². The molecule has 1 aromatic rings. The maximum Gasteiger partial charge on any atom is 0.507 e. The van der Waals surface area contributed by atoms with Crippen LogP contribution in [0.5, 0.6) is 11.5 Å². The van der Waals surface area contributed by atoms with Gasteiger partial charge >= 0.3 is 6.16 Å². The number of nitrogens with zero attached hydrogens (tertiary/aromatic N) is 3.